The van der Waals surface area contributed by atoms with Gasteiger partial charge in [0.15, 0.2) is 5.82 Å². The van der Waals surface area contributed by atoms with Crippen molar-refractivity contribution in [2.24, 2.45) is 0 Å². The molecule has 27 heavy (non-hydrogen) atoms. The average Bonchev–Trinajstić information content (AvgIpc) is 3.34. The average molecular weight is 402 g/mol. The Morgan fingerprint density at radius 2 is 2.15 bits per heavy atom. The highest BCUT2D eigenvalue weighted by Gasteiger charge is 2.26. The summed E-state index contributed by atoms with van der Waals surface area (Å²) in [5.74, 6) is 0.694. The fourth-order valence-electron chi connectivity index (χ4n) is 3.35. The van der Waals surface area contributed by atoms with Crippen LogP contribution in [0.2, 0.25) is 10.0 Å². The summed E-state index contributed by atoms with van der Waals surface area (Å²) in [6.07, 6.45) is 3.08. The summed E-state index contributed by atoms with van der Waals surface area (Å²) in [5.41, 5.74) is 3.95. The Morgan fingerprint density at radius 1 is 1.26 bits per heavy atom. The minimum absolute atomic E-state index is 0.0599. The zero-order chi connectivity index (χ0) is 18.8. The Morgan fingerprint density at radius 3 is 2.96 bits per heavy atom. The summed E-state index contributed by atoms with van der Waals surface area (Å²) >= 11 is 12.3. The molecule has 3 aromatic rings. The van der Waals surface area contributed by atoms with Crippen LogP contribution in [0.3, 0.4) is 0 Å². The number of carbonyl (C=O) groups is 1. The molecular weight excluding hydrogens is 385 g/mol. The van der Waals surface area contributed by atoms with E-state index in [2.05, 4.69) is 25.8 Å². The van der Waals surface area contributed by atoms with Gasteiger partial charge in [0.2, 0.25) is 0 Å². The molecule has 1 atom stereocenters. The molecule has 3 N–H and O–H groups in total. The van der Waals surface area contributed by atoms with Gasteiger partial charge in [0.25, 0.3) is 0 Å². The first-order valence-corrected chi connectivity index (χ1v) is 9.33. The van der Waals surface area contributed by atoms with E-state index in [1.807, 2.05) is 30.3 Å². The molecule has 0 spiro atoms. The minimum atomic E-state index is -0.219. The fourth-order valence-corrected chi connectivity index (χ4v) is 3.79. The van der Waals surface area contributed by atoms with Crippen LogP contribution < -0.4 is 10.6 Å². The summed E-state index contributed by atoms with van der Waals surface area (Å²) < 4.78 is 0. The Bertz CT molecular complexity index is 974. The third-order valence-electron chi connectivity index (χ3n) is 4.66. The van der Waals surface area contributed by atoms with Crippen molar-refractivity contribution in [2.45, 2.75) is 25.4 Å². The summed E-state index contributed by atoms with van der Waals surface area (Å²) in [6.45, 7) is 0.411. The minimum Gasteiger partial charge on any atom is -0.334 e. The number of aromatic amines is 1. The summed E-state index contributed by atoms with van der Waals surface area (Å²) in [7, 11) is 0. The number of aromatic nitrogens is 3. The van der Waals surface area contributed by atoms with Gasteiger partial charge in [-0.3, -0.25) is 5.10 Å². The summed E-state index contributed by atoms with van der Waals surface area (Å²) in [6, 6.07) is 11.2. The Balaban J connectivity index is 1.38. The number of halogens is 2. The largest absolute Gasteiger partial charge is 0.334 e. The number of benzene rings is 2. The lowest BCUT2D eigenvalue weighted by Gasteiger charge is -2.15. The van der Waals surface area contributed by atoms with Gasteiger partial charge in [0, 0.05) is 12.1 Å². The maximum absolute atomic E-state index is 12.3. The first-order valence-electron chi connectivity index (χ1n) is 8.57. The Kier molecular flexibility index (Phi) is 5.01. The molecule has 1 aromatic heterocycles. The molecule has 0 bridgehead atoms. The van der Waals surface area contributed by atoms with Crippen LogP contribution in [-0.2, 0) is 13.0 Å². The van der Waals surface area contributed by atoms with Crippen LogP contribution >= 0.6 is 23.2 Å². The molecule has 8 heteroatoms. The number of hydrogen-bond donors (Lipinski definition) is 3. The van der Waals surface area contributed by atoms with Gasteiger partial charge in [0.05, 0.1) is 16.1 Å². The quantitative estimate of drug-likeness (QED) is 0.610. The highest BCUT2D eigenvalue weighted by Crippen LogP contribution is 2.38. The second-order valence-corrected chi connectivity index (χ2v) is 7.17. The van der Waals surface area contributed by atoms with Gasteiger partial charge in [-0.15, -0.1) is 0 Å². The summed E-state index contributed by atoms with van der Waals surface area (Å²) in [4.78, 5) is 16.5. The second kappa shape index (κ2) is 7.58. The number of hydrogen-bond acceptors (Lipinski definition) is 3. The lowest BCUT2D eigenvalue weighted by molar-refractivity contribution is 0.236. The highest BCUT2D eigenvalue weighted by molar-refractivity contribution is 6.42. The SMILES string of the molecule is O=C(NCc1cccc(-c2ncn[nH]2)c1)NC1CCc2c1ccc(Cl)c2Cl. The van der Waals surface area contributed by atoms with Crippen LogP contribution in [0.4, 0.5) is 4.79 Å². The number of urea groups is 1. The number of nitrogens with zero attached hydrogens (tertiary/aromatic N) is 2. The predicted molar refractivity (Wildman–Crippen MR) is 105 cm³/mol. The fraction of sp³-hybridized carbons (Fsp3) is 0.211. The van der Waals surface area contributed by atoms with Crippen molar-refractivity contribution >= 4 is 29.2 Å². The molecule has 138 valence electrons. The molecule has 1 unspecified atom stereocenters. The molecule has 1 aliphatic carbocycles. The van der Waals surface area contributed by atoms with Gasteiger partial charge in [-0.1, -0.05) is 47.5 Å². The van der Waals surface area contributed by atoms with Crippen molar-refractivity contribution < 1.29 is 4.79 Å². The smallest absolute Gasteiger partial charge is 0.315 e. The van der Waals surface area contributed by atoms with Crippen molar-refractivity contribution in [1.82, 2.24) is 25.8 Å². The second-order valence-electron chi connectivity index (χ2n) is 6.38. The highest BCUT2D eigenvalue weighted by atomic mass is 35.5. The molecular formula is C19H17Cl2N5O. The molecule has 2 aromatic carbocycles. The van der Waals surface area contributed by atoms with Crippen molar-refractivity contribution in [3.8, 4) is 11.4 Å². The number of carbonyl (C=O) groups excluding carboxylic acids is 1. The van der Waals surface area contributed by atoms with E-state index in [1.54, 1.807) is 6.07 Å². The van der Waals surface area contributed by atoms with Crippen LogP contribution in [0.25, 0.3) is 11.4 Å². The van der Waals surface area contributed by atoms with Crippen LogP contribution in [0.15, 0.2) is 42.7 Å². The van der Waals surface area contributed by atoms with E-state index in [0.717, 1.165) is 35.1 Å². The maximum atomic E-state index is 12.3. The molecule has 1 aliphatic rings. The zero-order valence-corrected chi connectivity index (χ0v) is 15.8. The first kappa shape index (κ1) is 17.8. The number of rotatable bonds is 4. The van der Waals surface area contributed by atoms with Crippen LogP contribution in [-0.4, -0.2) is 21.2 Å². The molecule has 0 saturated carbocycles. The van der Waals surface area contributed by atoms with E-state index in [4.69, 9.17) is 23.2 Å². The van der Waals surface area contributed by atoms with E-state index < -0.39 is 0 Å². The zero-order valence-electron chi connectivity index (χ0n) is 14.3. The normalized spacial score (nSPS) is 15.4. The predicted octanol–water partition coefficient (Wildman–Crippen LogP) is 4.27. The van der Waals surface area contributed by atoms with Gasteiger partial charge in [-0.25, -0.2) is 9.78 Å². The van der Waals surface area contributed by atoms with Crippen molar-refractivity contribution in [3.05, 3.63) is 69.5 Å². The number of nitrogens with one attached hydrogen (secondary N) is 3. The van der Waals surface area contributed by atoms with Gasteiger partial charge in [-0.05, 0) is 41.7 Å². The van der Waals surface area contributed by atoms with Gasteiger partial charge >= 0.3 is 6.03 Å². The summed E-state index contributed by atoms with van der Waals surface area (Å²) in [5, 5.41) is 13.7. The lowest BCUT2D eigenvalue weighted by Crippen LogP contribution is -2.36. The molecule has 2 amide bonds. The van der Waals surface area contributed by atoms with E-state index in [1.165, 1.54) is 6.33 Å². The molecule has 0 saturated heterocycles. The number of fused-ring (bicyclic) bond motifs is 1. The number of H-pyrrole nitrogens is 1. The molecule has 0 fully saturated rings. The van der Waals surface area contributed by atoms with Crippen molar-refractivity contribution in [3.63, 3.8) is 0 Å². The third kappa shape index (κ3) is 3.77. The van der Waals surface area contributed by atoms with E-state index >= 15 is 0 Å². The van der Waals surface area contributed by atoms with Gasteiger partial charge in [-0.2, -0.15) is 5.10 Å². The lowest BCUT2D eigenvalue weighted by atomic mass is 10.1. The maximum Gasteiger partial charge on any atom is 0.315 e. The molecule has 0 radical (unpaired) electrons. The van der Waals surface area contributed by atoms with Gasteiger partial charge < -0.3 is 10.6 Å². The van der Waals surface area contributed by atoms with E-state index in [-0.39, 0.29) is 12.1 Å². The van der Waals surface area contributed by atoms with Crippen molar-refractivity contribution in [2.75, 3.05) is 0 Å². The molecule has 4 rings (SSSR count). The van der Waals surface area contributed by atoms with Gasteiger partial charge in [0.1, 0.15) is 6.33 Å². The standard InChI is InChI=1S/C19H17Cl2N5O/c20-15-6-4-13-14(17(15)21)5-7-16(13)25-19(27)22-9-11-2-1-3-12(8-11)18-23-10-24-26-18/h1-4,6,8,10,16H,5,7,9H2,(H2,22,25,27)(H,23,24,26). The van der Waals surface area contributed by atoms with Crippen LogP contribution in [0.1, 0.15) is 29.2 Å². The van der Waals surface area contributed by atoms with Crippen molar-refractivity contribution in [1.29, 1.82) is 0 Å². The van der Waals surface area contributed by atoms with Crippen LogP contribution in [0, 0.1) is 0 Å². The molecule has 1 heterocycles. The third-order valence-corrected chi connectivity index (χ3v) is 5.51. The topological polar surface area (TPSA) is 82.7 Å². The molecule has 6 nitrogen and oxygen atoms in total. The Labute approximate surface area is 166 Å². The van der Waals surface area contributed by atoms with E-state index in [9.17, 15) is 4.79 Å². The number of amides is 2. The Hall–Kier alpha value is -2.57. The molecule has 0 aliphatic heterocycles. The first-order chi connectivity index (χ1) is 13.1. The monoisotopic (exact) mass is 401 g/mol. The van der Waals surface area contributed by atoms with Crippen LogP contribution in [0.5, 0.6) is 0 Å². The van der Waals surface area contributed by atoms with E-state index in [0.29, 0.717) is 22.4 Å².